The van der Waals surface area contributed by atoms with Gasteiger partial charge in [-0.15, -0.1) is 0 Å². The largest absolute Gasteiger partial charge is 0.462 e. The first kappa shape index (κ1) is 14.1. The molecule has 102 valence electrons. The number of aliphatic hydroxyl groups excluding tert-OH is 2. The maximum atomic E-state index is 9.96. The van der Waals surface area contributed by atoms with Crippen molar-refractivity contribution in [2.75, 3.05) is 6.61 Å². The van der Waals surface area contributed by atoms with Crippen molar-refractivity contribution in [3.63, 3.8) is 0 Å². The Morgan fingerprint density at radius 1 is 1.37 bits per heavy atom. The predicted molar refractivity (Wildman–Crippen MR) is 72.7 cm³/mol. The van der Waals surface area contributed by atoms with Crippen LogP contribution in [-0.4, -0.2) is 40.5 Å². The zero-order valence-electron chi connectivity index (χ0n) is 10.4. The van der Waals surface area contributed by atoms with Crippen molar-refractivity contribution in [1.82, 2.24) is 0 Å². The molecular weight excluding hydrogens is 266 g/mol. The fraction of sp³-hybridized carbons (Fsp3) is 0.462. The molecule has 0 amide bonds. The van der Waals surface area contributed by atoms with Crippen molar-refractivity contribution in [2.45, 2.75) is 25.4 Å². The van der Waals surface area contributed by atoms with Crippen molar-refractivity contribution in [3.05, 3.63) is 24.3 Å². The lowest BCUT2D eigenvalue weighted by Gasteiger charge is -2.35. The fourth-order valence-corrected chi connectivity index (χ4v) is 1.91. The Labute approximate surface area is 116 Å². The second kappa shape index (κ2) is 6.23. The summed E-state index contributed by atoms with van der Waals surface area (Å²) in [6.45, 7) is 1.90. The van der Waals surface area contributed by atoms with E-state index < -0.39 is 18.5 Å². The number of isothiocyanates is 1. The summed E-state index contributed by atoms with van der Waals surface area (Å²) in [4.78, 5) is 3.83. The number of aliphatic imine (C=N–C) groups is 1. The quantitative estimate of drug-likeness (QED) is 0.649. The van der Waals surface area contributed by atoms with Gasteiger partial charge in [-0.2, -0.15) is 4.99 Å². The molecule has 1 aromatic rings. The van der Waals surface area contributed by atoms with Crippen LogP contribution in [-0.2, 0) is 4.74 Å². The van der Waals surface area contributed by atoms with Crippen molar-refractivity contribution in [1.29, 1.82) is 0 Å². The molecule has 4 atom stereocenters. The van der Waals surface area contributed by atoms with E-state index >= 15 is 0 Å². The summed E-state index contributed by atoms with van der Waals surface area (Å²) >= 11 is 4.51. The Hall–Kier alpha value is -1.30. The molecular formula is C13H15NO4S. The molecule has 2 N–H and O–H groups in total. The van der Waals surface area contributed by atoms with Crippen LogP contribution in [0.4, 0.5) is 5.69 Å². The van der Waals surface area contributed by atoms with Crippen LogP contribution < -0.4 is 4.74 Å². The Balaban J connectivity index is 2.02. The summed E-state index contributed by atoms with van der Waals surface area (Å²) in [5.41, 5.74) is 0.677. The van der Waals surface area contributed by atoms with Crippen LogP contribution in [0.1, 0.15) is 6.92 Å². The van der Waals surface area contributed by atoms with Crippen molar-refractivity contribution in [3.8, 4) is 5.75 Å². The minimum atomic E-state index is -0.873. The van der Waals surface area contributed by atoms with Gasteiger partial charge in [0.05, 0.1) is 23.6 Å². The molecule has 1 heterocycles. The van der Waals surface area contributed by atoms with E-state index in [9.17, 15) is 10.2 Å². The monoisotopic (exact) mass is 281 g/mol. The second-order valence-electron chi connectivity index (χ2n) is 4.43. The zero-order valence-corrected chi connectivity index (χ0v) is 11.2. The lowest BCUT2D eigenvalue weighted by Crippen LogP contribution is -2.50. The fourth-order valence-electron chi connectivity index (χ4n) is 1.81. The molecule has 0 saturated carbocycles. The number of rotatable bonds is 3. The lowest BCUT2D eigenvalue weighted by molar-refractivity contribution is -0.221. The number of thiocarbonyl (C=S) groups is 1. The highest BCUT2D eigenvalue weighted by atomic mass is 32.1. The van der Waals surface area contributed by atoms with Crippen LogP contribution in [0.15, 0.2) is 29.3 Å². The first-order valence-electron chi connectivity index (χ1n) is 5.94. The van der Waals surface area contributed by atoms with Gasteiger partial charge in [-0.05, 0) is 36.5 Å². The van der Waals surface area contributed by atoms with E-state index in [1.165, 1.54) is 0 Å². The van der Waals surface area contributed by atoms with E-state index in [4.69, 9.17) is 9.47 Å². The summed E-state index contributed by atoms with van der Waals surface area (Å²) in [5, 5.41) is 21.8. The number of benzene rings is 1. The van der Waals surface area contributed by atoms with Crippen molar-refractivity contribution >= 4 is 23.1 Å². The standard InChI is InChI=1S/C13H15NO4S/c1-8-11(15)6-17-13(12(8)16)18-10-4-2-9(3-5-10)14-7-19/h2-5,8,11-13,15-16H,6H2,1H3/t8?,11-,12?,13-/m1/s1. The van der Waals surface area contributed by atoms with E-state index in [1.807, 2.05) is 0 Å². The predicted octanol–water partition coefficient (Wildman–Crippen LogP) is 1.51. The number of hydrogen-bond acceptors (Lipinski definition) is 6. The molecule has 0 bridgehead atoms. The summed E-state index contributed by atoms with van der Waals surface area (Å²) in [6, 6.07) is 6.86. The van der Waals surface area contributed by atoms with Crippen LogP contribution in [0.2, 0.25) is 0 Å². The second-order valence-corrected chi connectivity index (χ2v) is 4.62. The Morgan fingerprint density at radius 3 is 2.68 bits per heavy atom. The van der Waals surface area contributed by atoms with Crippen LogP contribution in [0.3, 0.4) is 0 Å². The van der Waals surface area contributed by atoms with Gasteiger partial charge in [0.15, 0.2) is 0 Å². The van der Waals surface area contributed by atoms with Crippen LogP contribution >= 0.6 is 12.2 Å². The summed E-state index contributed by atoms with van der Waals surface area (Å²) < 4.78 is 10.8. The molecule has 0 radical (unpaired) electrons. The molecule has 2 unspecified atom stereocenters. The summed E-state index contributed by atoms with van der Waals surface area (Å²) in [5.74, 6) is 0.258. The molecule has 0 aliphatic carbocycles. The molecule has 2 rings (SSSR count). The average Bonchev–Trinajstić information content (AvgIpc) is 2.42. The molecule has 5 nitrogen and oxygen atoms in total. The Kier molecular flexibility index (Phi) is 4.63. The van der Waals surface area contributed by atoms with Gasteiger partial charge >= 0.3 is 0 Å². The van der Waals surface area contributed by atoms with E-state index in [0.29, 0.717) is 11.4 Å². The van der Waals surface area contributed by atoms with Gasteiger partial charge < -0.3 is 19.7 Å². The zero-order chi connectivity index (χ0) is 13.8. The third kappa shape index (κ3) is 3.37. The van der Waals surface area contributed by atoms with E-state index in [0.717, 1.165) is 0 Å². The molecule has 1 fully saturated rings. The van der Waals surface area contributed by atoms with Crippen LogP contribution in [0, 0.1) is 5.92 Å². The molecule has 1 aliphatic rings. The van der Waals surface area contributed by atoms with Gasteiger partial charge in [-0.1, -0.05) is 6.92 Å². The minimum absolute atomic E-state index is 0.149. The van der Waals surface area contributed by atoms with Crippen LogP contribution in [0.25, 0.3) is 0 Å². The Morgan fingerprint density at radius 2 is 2.05 bits per heavy atom. The van der Waals surface area contributed by atoms with Gasteiger partial charge in [0.25, 0.3) is 0 Å². The smallest absolute Gasteiger partial charge is 0.226 e. The number of ether oxygens (including phenoxy) is 2. The molecule has 19 heavy (non-hydrogen) atoms. The molecule has 1 aliphatic heterocycles. The van der Waals surface area contributed by atoms with E-state index in [2.05, 4.69) is 22.4 Å². The minimum Gasteiger partial charge on any atom is -0.462 e. The molecule has 0 spiro atoms. The first-order valence-corrected chi connectivity index (χ1v) is 6.35. The van der Waals surface area contributed by atoms with E-state index in [-0.39, 0.29) is 12.5 Å². The highest BCUT2D eigenvalue weighted by Crippen LogP contribution is 2.25. The average molecular weight is 281 g/mol. The molecule has 1 aromatic carbocycles. The SMILES string of the molecule is CC1C(O)[C@@H](Oc2ccc(N=C=S)cc2)OC[C@H]1O. The number of aliphatic hydroxyl groups is 2. The molecule has 1 saturated heterocycles. The van der Waals surface area contributed by atoms with E-state index in [1.54, 1.807) is 31.2 Å². The summed E-state index contributed by atoms with van der Waals surface area (Å²) in [7, 11) is 0. The van der Waals surface area contributed by atoms with Gasteiger partial charge in [0.1, 0.15) is 11.9 Å². The third-order valence-corrected chi connectivity index (χ3v) is 3.21. The molecule has 0 aromatic heterocycles. The normalized spacial score (nSPS) is 30.5. The summed E-state index contributed by atoms with van der Waals surface area (Å²) in [6.07, 6.45) is -2.32. The highest BCUT2D eigenvalue weighted by molar-refractivity contribution is 7.78. The topological polar surface area (TPSA) is 71.3 Å². The maximum Gasteiger partial charge on any atom is 0.226 e. The van der Waals surface area contributed by atoms with Crippen LogP contribution in [0.5, 0.6) is 5.75 Å². The highest BCUT2D eigenvalue weighted by Gasteiger charge is 2.37. The van der Waals surface area contributed by atoms with Gasteiger partial charge in [-0.25, -0.2) is 0 Å². The maximum absolute atomic E-state index is 9.96. The lowest BCUT2D eigenvalue weighted by atomic mass is 9.96. The number of hydrogen-bond donors (Lipinski definition) is 2. The first-order chi connectivity index (χ1) is 9.11. The van der Waals surface area contributed by atoms with Gasteiger partial charge in [0.2, 0.25) is 6.29 Å². The Bertz CT molecular complexity index is 472. The van der Waals surface area contributed by atoms with Gasteiger partial charge in [-0.3, -0.25) is 0 Å². The van der Waals surface area contributed by atoms with Gasteiger partial charge in [0, 0.05) is 5.92 Å². The molecule has 6 heteroatoms. The van der Waals surface area contributed by atoms with Crippen molar-refractivity contribution in [2.24, 2.45) is 10.9 Å². The van der Waals surface area contributed by atoms with Crippen molar-refractivity contribution < 1.29 is 19.7 Å². The third-order valence-electron chi connectivity index (χ3n) is 3.12. The number of nitrogens with zero attached hydrogens (tertiary/aromatic N) is 1.